The molecule has 2 N–H and O–H groups in total. The maximum absolute atomic E-state index is 12.6. The van der Waals surface area contributed by atoms with E-state index in [-0.39, 0.29) is 23.5 Å². The third-order valence-corrected chi connectivity index (χ3v) is 4.62. The van der Waals surface area contributed by atoms with Gasteiger partial charge in [-0.2, -0.15) is 0 Å². The van der Waals surface area contributed by atoms with Crippen molar-refractivity contribution in [3.8, 4) is 0 Å². The van der Waals surface area contributed by atoms with Crippen LogP contribution in [0, 0.1) is 12.8 Å². The molecule has 2 aromatic carbocycles. The van der Waals surface area contributed by atoms with Crippen LogP contribution in [0.1, 0.15) is 30.0 Å². The third kappa shape index (κ3) is 3.80. The van der Waals surface area contributed by atoms with Crippen molar-refractivity contribution in [2.75, 3.05) is 10.6 Å². The number of para-hydroxylation sites is 1. The summed E-state index contributed by atoms with van der Waals surface area (Å²) in [5.74, 6) is -0.317. The molecule has 0 aliphatic rings. The van der Waals surface area contributed by atoms with Gasteiger partial charge in [0.25, 0.3) is 5.91 Å². The molecule has 1 aromatic heterocycles. The largest absolute Gasteiger partial charge is 0.450 e. The Bertz CT molecular complexity index is 992. The van der Waals surface area contributed by atoms with Gasteiger partial charge >= 0.3 is 0 Å². The van der Waals surface area contributed by atoms with Crippen LogP contribution in [0.3, 0.4) is 0 Å². The molecule has 26 heavy (non-hydrogen) atoms. The molecule has 0 saturated carbocycles. The molecule has 0 aliphatic carbocycles. The van der Waals surface area contributed by atoms with E-state index in [0.717, 1.165) is 15.4 Å². The first-order chi connectivity index (χ1) is 12.3. The predicted octanol–water partition coefficient (Wildman–Crippen LogP) is 5.35. The Hall–Kier alpha value is -2.60. The van der Waals surface area contributed by atoms with Gasteiger partial charge in [0.15, 0.2) is 5.76 Å². The van der Waals surface area contributed by atoms with E-state index in [1.807, 2.05) is 51.1 Å². The van der Waals surface area contributed by atoms with E-state index in [0.29, 0.717) is 17.0 Å². The van der Waals surface area contributed by atoms with E-state index in [1.165, 1.54) is 0 Å². The number of benzene rings is 2. The molecule has 0 spiro atoms. The Morgan fingerprint density at radius 3 is 2.54 bits per heavy atom. The number of aryl methyl sites for hydroxylation is 1. The smallest absolute Gasteiger partial charge is 0.291 e. The average Bonchev–Trinajstić information content (AvgIpc) is 3.03. The molecule has 0 unspecified atom stereocenters. The molecule has 6 heteroatoms. The molecular formula is C20H19BrN2O3. The minimum atomic E-state index is -0.344. The van der Waals surface area contributed by atoms with Crippen molar-refractivity contribution in [3.05, 3.63) is 58.3 Å². The summed E-state index contributed by atoms with van der Waals surface area (Å²) in [4.78, 5) is 24.4. The van der Waals surface area contributed by atoms with Crippen molar-refractivity contribution in [1.82, 2.24) is 0 Å². The molecule has 3 rings (SSSR count). The molecule has 134 valence electrons. The average molecular weight is 415 g/mol. The Kier molecular flexibility index (Phi) is 5.13. The van der Waals surface area contributed by atoms with E-state index in [4.69, 9.17) is 4.42 Å². The van der Waals surface area contributed by atoms with Crippen molar-refractivity contribution in [1.29, 1.82) is 0 Å². The van der Waals surface area contributed by atoms with Crippen molar-refractivity contribution >= 4 is 50.1 Å². The Balaban J connectivity index is 1.83. The van der Waals surface area contributed by atoms with Crippen LogP contribution < -0.4 is 10.6 Å². The number of rotatable bonds is 4. The number of hydrogen-bond donors (Lipinski definition) is 2. The van der Waals surface area contributed by atoms with Crippen LogP contribution in [0.25, 0.3) is 11.0 Å². The minimum absolute atomic E-state index is 0.0757. The van der Waals surface area contributed by atoms with Gasteiger partial charge < -0.3 is 15.1 Å². The molecule has 0 saturated heterocycles. The predicted molar refractivity (Wildman–Crippen MR) is 107 cm³/mol. The maximum Gasteiger partial charge on any atom is 0.291 e. The number of fused-ring (bicyclic) bond motifs is 1. The molecule has 5 nitrogen and oxygen atoms in total. The summed E-state index contributed by atoms with van der Waals surface area (Å²) in [6.07, 6.45) is 0. The fourth-order valence-corrected chi connectivity index (χ4v) is 2.91. The van der Waals surface area contributed by atoms with Crippen LogP contribution in [0.2, 0.25) is 0 Å². The zero-order valence-electron chi connectivity index (χ0n) is 14.7. The highest BCUT2D eigenvalue weighted by Crippen LogP contribution is 2.28. The Morgan fingerprint density at radius 1 is 1.08 bits per heavy atom. The van der Waals surface area contributed by atoms with Crippen LogP contribution in [0.4, 0.5) is 11.4 Å². The molecule has 2 amide bonds. The topological polar surface area (TPSA) is 71.3 Å². The highest BCUT2D eigenvalue weighted by Gasteiger charge is 2.15. The minimum Gasteiger partial charge on any atom is -0.450 e. The standard InChI is InChI=1S/C20H19BrN2O3/c1-11(2)19(24)22-14-8-7-12(3)16(10-14)23-20(25)17-9-13-5-4-6-15(21)18(13)26-17/h4-11H,1-3H3,(H,22,24)(H,23,25). The van der Waals surface area contributed by atoms with E-state index >= 15 is 0 Å². The maximum atomic E-state index is 12.6. The van der Waals surface area contributed by atoms with E-state index in [1.54, 1.807) is 12.1 Å². The molecule has 0 fully saturated rings. The van der Waals surface area contributed by atoms with Gasteiger partial charge in [0.1, 0.15) is 5.58 Å². The van der Waals surface area contributed by atoms with Crippen molar-refractivity contribution in [3.63, 3.8) is 0 Å². The van der Waals surface area contributed by atoms with Crippen molar-refractivity contribution in [2.24, 2.45) is 5.92 Å². The molecule has 1 heterocycles. The second kappa shape index (κ2) is 7.33. The number of halogens is 1. The normalized spacial score (nSPS) is 11.0. The van der Waals surface area contributed by atoms with Crippen LogP contribution in [-0.4, -0.2) is 11.8 Å². The second-order valence-electron chi connectivity index (χ2n) is 6.40. The lowest BCUT2D eigenvalue weighted by Crippen LogP contribution is -2.18. The summed E-state index contributed by atoms with van der Waals surface area (Å²) in [5.41, 5.74) is 2.78. The van der Waals surface area contributed by atoms with E-state index < -0.39 is 0 Å². The Morgan fingerprint density at radius 2 is 1.85 bits per heavy atom. The highest BCUT2D eigenvalue weighted by molar-refractivity contribution is 9.10. The zero-order chi connectivity index (χ0) is 18.8. The number of amides is 2. The van der Waals surface area contributed by atoms with Crippen LogP contribution >= 0.6 is 15.9 Å². The second-order valence-corrected chi connectivity index (χ2v) is 7.25. The quantitative estimate of drug-likeness (QED) is 0.604. The number of nitrogens with one attached hydrogen (secondary N) is 2. The Labute approximate surface area is 159 Å². The lowest BCUT2D eigenvalue weighted by molar-refractivity contribution is -0.118. The van der Waals surface area contributed by atoms with Gasteiger partial charge in [-0.1, -0.05) is 32.0 Å². The van der Waals surface area contributed by atoms with E-state index in [2.05, 4.69) is 26.6 Å². The summed E-state index contributed by atoms with van der Waals surface area (Å²) in [7, 11) is 0. The van der Waals surface area contributed by atoms with Crippen LogP contribution in [-0.2, 0) is 4.79 Å². The summed E-state index contributed by atoms with van der Waals surface area (Å²) < 4.78 is 6.47. The van der Waals surface area contributed by atoms with Gasteiger partial charge in [0.2, 0.25) is 5.91 Å². The summed E-state index contributed by atoms with van der Waals surface area (Å²) in [6, 6.07) is 12.7. The van der Waals surface area contributed by atoms with Gasteiger partial charge in [0.05, 0.1) is 4.47 Å². The lowest BCUT2D eigenvalue weighted by atomic mass is 10.1. The first kappa shape index (κ1) is 18.2. The number of carbonyl (C=O) groups is 2. The van der Waals surface area contributed by atoms with Crippen molar-refractivity contribution < 1.29 is 14.0 Å². The number of hydrogen-bond acceptors (Lipinski definition) is 3. The molecule has 3 aromatic rings. The summed E-state index contributed by atoms with van der Waals surface area (Å²) in [5, 5.41) is 6.53. The first-order valence-electron chi connectivity index (χ1n) is 8.26. The molecular weight excluding hydrogens is 396 g/mol. The first-order valence-corrected chi connectivity index (χ1v) is 9.05. The highest BCUT2D eigenvalue weighted by atomic mass is 79.9. The van der Waals surface area contributed by atoms with Gasteiger partial charge in [0, 0.05) is 22.7 Å². The number of anilines is 2. The molecule has 0 bridgehead atoms. The molecule has 0 radical (unpaired) electrons. The van der Waals surface area contributed by atoms with Crippen molar-refractivity contribution in [2.45, 2.75) is 20.8 Å². The molecule has 0 aliphatic heterocycles. The van der Waals surface area contributed by atoms with Gasteiger partial charge in [-0.25, -0.2) is 0 Å². The zero-order valence-corrected chi connectivity index (χ0v) is 16.3. The fraction of sp³-hybridized carbons (Fsp3) is 0.200. The van der Waals surface area contributed by atoms with Gasteiger partial charge in [-0.3, -0.25) is 9.59 Å². The SMILES string of the molecule is Cc1ccc(NC(=O)C(C)C)cc1NC(=O)c1cc2cccc(Br)c2o1. The number of carbonyl (C=O) groups excluding carboxylic acids is 2. The van der Waals surface area contributed by atoms with Gasteiger partial charge in [-0.15, -0.1) is 0 Å². The van der Waals surface area contributed by atoms with E-state index in [9.17, 15) is 9.59 Å². The third-order valence-electron chi connectivity index (χ3n) is 4.00. The summed E-state index contributed by atoms with van der Waals surface area (Å²) >= 11 is 3.42. The van der Waals surface area contributed by atoms with Crippen LogP contribution in [0.15, 0.2) is 51.4 Å². The van der Waals surface area contributed by atoms with Gasteiger partial charge in [-0.05, 0) is 52.7 Å². The lowest BCUT2D eigenvalue weighted by Gasteiger charge is -2.12. The monoisotopic (exact) mass is 414 g/mol. The fourth-order valence-electron chi connectivity index (χ4n) is 2.44. The molecule has 0 atom stereocenters. The number of furan rings is 1. The van der Waals surface area contributed by atoms with Crippen LogP contribution in [0.5, 0.6) is 0 Å². The summed E-state index contributed by atoms with van der Waals surface area (Å²) in [6.45, 7) is 5.54.